The van der Waals surface area contributed by atoms with Crippen LogP contribution in [-0.2, 0) is 15.6 Å². The topological polar surface area (TPSA) is 91.9 Å². The molecule has 1 aliphatic heterocycles. The highest BCUT2D eigenvalue weighted by Gasteiger charge is 2.31. The summed E-state index contributed by atoms with van der Waals surface area (Å²) in [7, 11) is -3.31. The first-order valence-corrected chi connectivity index (χ1v) is 8.49. The van der Waals surface area contributed by atoms with Gasteiger partial charge in [0.1, 0.15) is 0 Å². The number of aromatic amines is 1. The maximum atomic E-state index is 13.7. The van der Waals surface area contributed by atoms with Crippen LogP contribution in [0.3, 0.4) is 0 Å². The lowest BCUT2D eigenvalue weighted by molar-refractivity contribution is 0.0931. The van der Waals surface area contributed by atoms with E-state index in [2.05, 4.69) is 15.5 Å². The van der Waals surface area contributed by atoms with Gasteiger partial charge >= 0.3 is 0 Å². The lowest BCUT2D eigenvalue weighted by atomic mass is 10.0. The number of amides is 1. The SMILES string of the molecule is Cc1[nH]nc(C(=O)NC2CS(=O)(=O)Cc3ccccc32)c1F. The van der Waals surface area contributed by atoms with Crippen LogP contribution in [0.2, 0.25) is 0 Å². The maximum absolute atomic E-state index is 13.7. The highest BCUT2D eigenvalue weighted by atomic mass is 32.2. The van der Waals surface area contributed by atoms with Crippen LogP contribution in [-0.4, -0.2) is 30.3 Å². The molecule has 0 spiro atoms. The standard InChI is InChI=1S/C14H14FN3O3S/c1-8-12(15)13(18-17-8)14(19)16-11-7-22(20,21)6-9-4-2-3-5-10(9)11/h2-5,11H,6-7H2,1H3,(H,16,19)(H,17,18). The van der Waals surface area contributed by atoms with Gasteiger partial charge in [-0.05, 0) is 18.1 Å². The number of rotatable bonds is 2. The number of hydrogen-bond donors (Lipinski definition) is 2. The minimum Gasteiger partial charge on any atom is -0.343 e. The third-order valence-electron chi connectivity index (χ3n) is 3.62. The fourth-order valence-electron chi connectivity index (χ4n) is 2.56. The molecule has 116 valence electrons. The molecule has 0 saturated carbocycles. The summed E-state index contributed by atoms with van der Waals surface area (Å²) >= 11 is 0. The molecule has 0 saturated heterocycles. The Morgan fingerprint density at radius 2 is 2.14 bits per heavy atom. The van der Waals surface area contributed by atoms with E-state index in [0.717, 1.165) is 5.56 Å². The Labute approximate surface area is 126 Å². The number of hydrogen-bond acceptors (Lipinski definition) is 4. The lowest BCUT2D eigenvalue weighted by Gasteiger charge is -2.26. The third-order valence-corrected chi connectivity index (χ3v) is 5.21. The van der Waals surface area contributed by atoms with E-state index in [4.69, 9.17) is 0 Å². The van der Waals surface area contributed by atoms with Gasteiger partial charge in [0, 0.05) is 0 Å². The van der Waals surface area contributed by atoms with Crippen molar-refractivity contribution in [2.75, 3.05) is 5.75 Å². The highest BCUT2D eigenvalue weighted by Crippen LogP contribution is 2.28. The van der Waals surface area contributed by atoms with Gasteiger partial charge in [-0.25, -0.2) is 12.8 Å². The van der Waals surface area contributed by atoms with E-state index in [-0.39, 0.29) is 22.9 Å². The second kappa shape index (κ2) is 5.20. The van der Waals surface area contributed by atoms with E-state index in [1.165, 1.54) is 6.92 Å². The molecule has 1 aromatic carbocycles. The minimum atomic E-state index is -3.31. The average molecular weight is 323 g/mol. The Balaban J connectivity index is 1.92. The zero-order valence-corrected chi connectivity index (χ0v) is 12.6. The van der Waals surface area contributed by atoms with Gasteiger partial charge in [0.05, 0.1) is 23.2 Å². The zero-order valence-electron chi connectivity index (χ0n) is 11.8. The lowest BCUT2D eigenvalue weighted by Crippen LogP contribution is -2.37. The Morgan fingerprint density at radius 1 is 1.41 bits per heavy atom. The molecule has 0 radical (unpaired) electrons. The molecule has 8 heteroatoms. The Kier molecular flexibility index (Phi) is 3.48. The number of fused-ring (bicyclic) bond motifs is 1. The third kappa shape index (κ3) is 2.61. The number of nitrogens with one attached hydrogen (secondary N) is 2. The monoisotopic (exact) mass is 323 g/mol. The van der Waals surface area contributed by atoms with Crippen molar-refractivity contribution in [2.24, 2.45) is 0 Å². The fraction of sp³-hybridized carbons (Fsp3) is 0.286. The molecule has 0 fully saturated rings. The molecular weight excluding hydrogens is 309 g/mol. The molecule has 1 aliphatic rings. The molecule has 1 unspecified atom stereocenters. The van der Waals surface area contributed by atoms with E-state index in [9.17, 15) is 17.6 Å². The number of halogens is 1. The Hall–Kier alpha value is -2.22. The number of sulfone groups is 1. The first-order valence-electron chi connectivity index (χ1n) is 6.67. The molecule has 6 nitrogen and oxygen atoms in total. The van der Waals surface area contributed by atoms with Crippen molar-refractivity contribution in [3.05, 3.63) is 52.6 Å². The molecule has 1 aromatic heterocycles. The summed E-state index contributed by atoms with van der Waals surface area (Å²) in [5.74, 6) is -1.73. The maximum Gasteiger partial charge on any atom is 0.275 e. The largest absolute Gasteiger partial charge is 0.343 e. The van der Waals surface area contributed by atoms with Gasteiger partial charge in [0.2, 0.25) is 0 Å². The molecule has 0 aliphatic carbocycles. The molecule has 1 atom stereocenters. The number of benzene rings is 1. The van der Waals surface area contributed by atoms with Crippen LogP contribution >= 0.6 is 0 Å². The van der Waals surface area contributed by atoms with Crippen LogP contribution < -0.4 is 5.32 Å². The number of H-pyrrole nitrogens is 1. The number of aromatic nitrogens is 2. The van der Waals surface area contributed by atoms with Gasteiger partial charge < -0.3 is 5.32 Å². The van der Waals surface area contributed by atoms with Crippen molar-refractivity contribution >= 4 is 15.7 Å². The molecule has 2 N–H and O–H groups in total. The quantitative estimate of drug-likeness (QED) is 0.870. The van der Waals surface area contributed by atoms with Gasteiger partial charge in [0.25, 0.3) is 5.91 Å². The Bertz CT molecular complexity index is 845. The summed E-state index contributed by atoms with van der Waals surface area (Å²) in [6.07, 6.45) is 0. The van der Waals surface area contributed by atoms with Crippen LogP contribution in [0.5, 0.6) is 0 Å². The molecule has 3 rings (SSSR count). The number of nitrogens with zero attached hydrogens (tertiary/aromatic N) is 1. The minimum absolute atomic E-state index is 0.0502. The van der Waals surface area contributed by atoms with Gasteiger partial charge in [-0.15, -0.1) is 0 Å². The number of carbonyl (C=O) groups excluding carboxylic acids is 1. The first kappa shape index (κ1) is 14.7. The molecule has 2 aromatic rings. The summed E-state index contributed by atoms with van der Waals surface area (Å²) < 4.78 is 37.7. The summed E-state index contributed by atoms with van der Waals surface area (Å²) in [5, 5.41) is 8.56. The van der Waals surface area contributed by atoms with Crippen molar-refractivity contribution < 1.29 is 17.6 Å². The van der Waals surface area contributed by atoms with Gasteiger partial charge in [-0.1, -0.05) is 24.3 Å². The van der Waals surface area contributed by atoms with Crippen molar-refractivity contribution in [3.63, 3.8) is 0 Å². The van der Waals surface area contributed by atoms with E-state index < -0.39 is 27.6 Å². The number of aryl methyl sites for hydroxylation is 1. The predicted molar refractivity (Wildman–Crippen MR) is 77.4 cm³/mol. The van der Waals surface area contributed by atoms with Crippen LogP contribution in [0.25, 0.3) is 0 Å². The fourth-order valence-corrected chi connectivity index (χ4v) is 4.18. The second-order valence-corrected chi connectivity index (χ2v) is 7.40. The van der Waals surface area contributed by atoms with Gasteiger partial charge in [-0.2, -0.15) is 5.10 Å². The van der Waals surface area contributed by atoms with E-state index in [1.54, 1.807) is 24.3 Å². The summed E-state index contributed by atoms with van der Waals surface area (Å²) in [4.78, 5) is 12.1. The molecular formula is C14H14FN3O3S. The molecule has 1 amide bonds. The first-order chi connectivity index (χ1) is 10.4. The summed E-state index contributed by atoms with van der Waals surface area (Å²) in [6, 6.07) is 6.29. The normalized spacial score (nSPS) is 19.5. The van der Waals surface area contributed by atoms with Crippen molar-refractivity contribution in [1.29, 1.82) is 0 Å². The van der Waals surface area contributed by atoms with Crippen LogP contribution in [0.1, 0.15) is 33.4 Å². The summed E-state index contributed by atoms with van der Waals surface area (Å²) in [5.41, 5.74) is 1.18. The van der Waals surface area contributed by atoms with E-state index in [0.29, 0.717) is 5.56 Å². The van der Waals surface area contributed by atoms with Crippen molar-refractivity contribution in [3.8, 4) is 0 Å². The van der Waals surface area contributed by atoms with Crippen molar-refractivity contribution in [1.82, 2.24) is 15.5 Å². The van der Waals surface area contributed by atoms with Crippen LogP contribution in [0.4, 0.5) is 4.39 Å². The van der Waals surface area contributed by atoms with Crippen LogP contribution in [0, 0.1) is 12.7 Å². The van der Waals surface area contributed by atoms with Crippen LogP contribution in [0.15, 0.2) is 24.3 Å². The average Bonchev–Trinajstić information content (AvgIpc) is 2.78. The van der Waals surface area contributed by atoms with E-state index >= 15 is 0 Å². The van der Waals surface area contributed by atoms with E-state index in [1.807, 2.05) is 0 Å². The highest BCUT2D eigenvalue weighted by molar-refractivity contribution is 7.90. The second-order valence-electron chi connectivity index (χ2n) is 5.29. The van der Waals surface area contributed by atoms with Gasteiger partial charge in [0.15, 0.2) is 21.3 Å². The smallest absolute Gasteiger partial charge is 0.275 e. The number of carbonyl (C=O) groups is 1. The predicted octanol–water partition coefficient (Wildman–Crippen LogP) is 1.26. The molecule has 2 heterocycles. The molecule has 0 bridgehead atoms. The van der Waals surface area contributed by atoms with Gasteiger partial charge in [-0.3, -0.25) is 9.89 Å². The molecule has 22 heavy (non-hydrogen) atoms. The summed E-state index contributed by atoms with van der Waals surface area (Å²) in [6.45, 7) is 1.46. The zero-order chi connectivity index (χ0) is 15.9. The van der Waals surface area contributed by atoms with Crippen molar-refractivity contribution in [2.45, 2.75) is 18.7 Å². The Morgan fingerprint density at radius 3 is 2.82 bits per heavy atom.